The minimum Gasteiger partial charge on any atom is -0.296 e. The molecule has 0 aromatic heterocycles. The first-order valence-corrected chi connectivity index (χ1v) is 4.29. The number of hydrogen-bond donors (Lipinski definition) is 0. The fraction of sp³-hybridized carbons (Fsp3) is 0.833. The molecule has 0 radical (unpaired) electrons. The van der Waals surface area contributed by atoms with E-state index in [0.717, 1.165) is 0 Å². The fourth-order valence-corrected chi connectivity index (χ4v) is 1.52. The summed E-state index contributed by atoms with van der Waals surface area (Å²) in [5.74, 6) is 0. The molecule has 1 heterocycles. The van der Waals surface area contributed by atoms with Crippen molar-refractivity contribution in [2.24, 2.45) is 5.10 Å². The van der Waals surface area contributed by atoms with E-state index in [2.05, 4.69) is 41.5 Å². The van der Waals surface area contributed by atoms with Gasteiger partial charge < -0.3 is 0 Å². The standard InChI is InChI=1S/C6H11IN2/c1-4-6(7)5(2)9(3)8-4/h5-6H,1-3H3. The van der Waals surface area contributed by atoms with Crippen molar-refractivity contribution in [1.29, 1.82) is 0 Å². The maximum absolute atomic E-state index is 4.29. The van der Waals surface area contributed by atoms with E-state index in [1.54, 1.807) is 0 Å². The molecule has 1 aliphatic heterocycles. The van der Waals surface area contributed by atoms with Gasteiger partial charge >= 0.3 is 0 Å². The fourth-order valence-electron chi connectivity index (χ4n) is 0.934. The largest absolute Gasteiger partial charge is 0.296 e. The second-order valence-corrected chi connectivity index (χ2v) is 3.80. The van der Waals surface area contributed by atoms with Crippen molar-refractivity contribution in [3.63, 3.8) is 0 Å². The molecule has 0 fully saturated rings. The molecule has 0 spiro atoms. The van der Waals surface area contributed by atoms with E-state index in [0.29, 0.717) is 9.97 Å². The Bertz CT molecular complexity index is 144. The van der Waals surface area contributed by atoms with Crippen LogP contribution in [0.4, 0.5) is 0 Å². The van der Waals surface area contributed by atoms with E-state index in [1.165, 1.54) is 5.71 Å². The zero-order chi connectivity index (χ0) is 7.02. The number of hydrogen-bond acceptors (Lipinski definition) is 2. The molecule has 1 rings (SSSR count). The van der Waals surface area contributed by atoms with Crippen LogP contribution in [-0.4, -0.2) is 27.7 Å². The molecule has 1 aliphatic rings. The smallest absolute Gasteiger partial charge is 0.0724 e. The van der Waals surface area contributed by atoms with Gasteiger partial charge in [-0.15, -0.1) is 0 Å². The molecule has 0 aromatic rings. The zero-order valence-electron chi connectivity index (χ0n) is 5.93. The van der Waals surface area contributed by atoms with Crippen molar-refractivity contribution in [2.75, 3.05) is 7.05 Å². The monoisotopic (exact) mass is 238 g/mol. The minimum atomic E-state index is 0.575. The zero-order valence-corrected chi connectivity index (χ0v) is 8.08. The van der Waals surface area contributed by atoms with E-state index in [1.807, 2.05) is 12.1 Å². The van der Waals surface area contributed by atoms with Gasteiger partial charge in [-0.25, -0.2) is 0 Å². The normalized spacial score (nSPS) is 35.1. The summed E-state index contributed by atoms with van der Waals surface area (Å²) in [5.41, 5.74) is 1.24. The van der Waals surface area contributed by atoms with Crippen molar-refractivity contribution < 1.29 is 0 Å². The highest BCUT2D eigenvalue weighted by Gasteiger charge is 2.26. The van der Waals surface area contributed by atoms with Gasteiger partial charge in [0.1, 0.15) is 0 Å². The van der Waals surface area contributed by atoms with Gasteiger partial charge in [-0.3, -0.25) is 5.01 Å². The second kappa shape index (κ2) is 2.44. The molecule has 52 valence electrons. The summed E-state index contributed by atoms with van der Waals surface area (Å²) in [7, 11) is 2.02. The molecule has 9 heavy (non-hydrogen) atoms. The van der Waals surface area contributed by atoms with Crippen LogP contribution >= 0.6 is 22.6 Å². The van der Waals surface area contributed by atoms with E-state index in [4.69, 9.17) is 0 Å². The summed E-state index contributed by atoms with van der Waals surface area (Å²) in [6, 6.07) is 0.575. The number of alkyl halides is 1. The van der Waals surface area contributed by atoms with Crippen LogP contribution in [-0.2, 0) is 0 Å². The van der Waals surface area contributed by atoms with E-state index in [-0.39, 0.29) is 0 Å². The van der Waals surface area contributed by atoms with Crippen LogP contribution in [0, 0.1) is 0 Å². The Hall–Kier alpha value is 0.200. The van der Waals surface area contributed by atoms with Gasteiger partial charge in [0, 0.05) is 12.8 Å². The SMILES string of the molecule is CC1=NN(C)C(C)C1I. The molecule has 3 heteroatoms. The van der Waals surface area contributed by atoms with Crippen LogP contribution in [0.15, 0.2) is 5.10 Å². The Kier molecular flexibility index (Phi) is 1.98. The lowest BCUT2D eigenvalue weighted by Crippen LogP contribution is -2.27. The lowest BCUT2D eigenvalue weighted by atomic mass is 10.2. The molecule has 0 bridgehead atoms. The summed E-state index contributed by atoms with van der Waals surface area (Å²) in [6.45, 7) is 4.27. The minimum absolute atomic E-state index is 0.575. The first-order chi connectivity index (χ1) is 4.13. The number of hydrazone groups is 1. The predicted octanol–water partition coefficient (Wildman–Crippen LogP) is 1.50. The molecule has 0 aliphatic carbocycles. The van der Waals surface area contributed by atoms with Gasteiger partial charge in [0.25, 0.3) is 0 Å². The molecular weight excluding hydrogens is 227 g/mol. The lowest BCUT2D eigenvalue weighted by molar-refractivity contribution is 0.309. The highest BCUT2D eigenvalue weighted by Crippen LogP contribution is 2.20. The van der Waals surface area contributed by atoms with Crippen molar-refractivity contribution in [1.82, 2.24) is 5.01 Å². The van der Waals surface area contributed by atoms with Crippen LogP contribution < -0.4 is 0 Å². The molecule has 0 N–H and O–H groups in total. The lowest BCUT2D eigenvalue weighted by Gasteiger charge is -2.15. The molecule has 2 atom stereocenters. The summed E-state index contributed by atoms with van der Waals surface area (Å²) in [4.78, 5) is 0. The highest BCUT2D eigenvalue weighted by molar-refractivity contribution is 14.1. The second-order valence-electron chi connectivity index (χ2n) is 2.46. The van der Waals surface area contributed by atoms with Crippen molar-refractivity contribution in [3.05, 3.63) is 0 Å². The maximum atomic E-state index is 4.29. The van der Waals surface area contributed by atoms with Crippen LogP contribution in [0.5, 0.6) is 0 Å². The van der Waals surface area contributed by atoms with E-state index < -0.39 is 0 Å². The third-order valence-electron chi connectivity index (χ3n) is 1.73. The Labute approximate surface area is 69.4 Å². The average Bonchev–Trinajstić information content (AvgIpc) is 1.98. The van der Waals surface area contributed by atoms with E-state index in [9.17, 15) is 0 Å². The molecule has 2 nitrogen and oxygen atoms in total. The summed E-state index contributed by atoms with van der Waals surface area (Å²) in [5, 5.41) is 6.31. The van der Waals surface area contributed by atoms with Gasteiger partial charge in [-0.1, -0.05) is 22.6 Å². The summed E-state index contributed by atoms with van der Waals surface area (Å²) in [6.07, 6.45) is 0. The van der Waals surface area contributed by atoms with Crippen LogP contribution in [0.2, 0.25) is 0 Å². The quantitative estimate of drug-likeness (QED) is 0.461. The van der Waals surface area contributed by atoms with Gasteiger partial charge in [0.15, 0.2) is 0 Å². The first-order valence-electron chi connectivity index (χ1n) is 3.05. The van der Waals surface area contributed by atoms with Crippen molar-refractivity contribution in [3.8, 4) is 0 Å². The Morgan fingerprint density at radius 2 is 2.22 bits per heavy atom. The number of rotatable bonds is 0. The summed E-state index contributed by atoms with van der Waals surface area (Å²) < 4.78 is 0.604. The predicted molar refractivity (Wildman–Crippen MR) is 48.1 cm³/mol. The average molecular weight is 238 g/mol. The first kappa shape index (κ1) is 7.31. The molecule has 0 aromatic carbocycles. The molecule has 2 unspecified atom stereocenters. The number of nitrogens with zero attached hydrogens (tertiary/aromatic N) is 2. The van der Waals surface area contributed by atoms with Crippen LogP contribution in [0.25, 0.3) is 0 Å². The van der Waals surface area contributed by atoms with Gasteiger partial charge in [0.05, 0.1) is 9.97 Å². The molecular formula is C6H11IN2. The molecule has 0 saturated heterocycles. The van der Waals surface area contributed by atoms with Gasteiger partial charge in [-0.05, 0) is 13.8 Å². The van der Waals surface area contributed by atoms with Gasteiger partial charge in [-0.2, -0.15) is 5.10 Å². The van der Waals surface area contributed by atoms with Crippen LogP contribution in [0.1, 0.15) is 13.8 Å². The molecule has 0 saturated carbocycles. The topological polar surface area (TPSA) is 15.6 Å². The van der Waals surface area contributed by atoms with Crippen molar-refractivity contribution >= 4 is 28.3 Å². The Morgan fingerprint density at radius 3 is 2.33 bits per heavy atom. The van der Waals surface area contributed by atoms with E-state index >= 15 is 0 Å². The third kappa shape index (κ3) is 1.20. The third-order valence-corrected chi connectivity index (χ3v) is 3.67. The Balaban J connectivity index is 2.70. The highest BCUT2D eigenvalue weighted by atomic mass is 127. The molecule has 0 amide bonds. The summed E-state index contributed by atoms with van der Waals surface area (Å²) >= 11 is 2.43. The number of halogens is 1. The van der Waals surface area contributed by atoms with Crippen LogP contribution in [0.3, 0.4) is 0 Å². The Morgan fingerprint density at radius 1 is 1.67 bits per heavy atom. The van der Waals surface area contributed by atoms with Crippen molar-refractivity contribution in [2.45, 2.75) is 23.8 Å². The van der Waals surface area contributed by atoms with Gasteiger partial charge in [0.2, 0.25) is 0 Å². The maximum Gasteiger partial charge on any atom is 0.0724 e.